The van der Waals surface area contributed by atoms with E-state index in [1.165, 1.54) is 15.9 Å². The summed E-state index contributed by atoms with van der Waals surface area (Å²) in [5.74, 6) is -0.149. The average molecular weight is 611 g/mol. The van der Waals surface area contributed by atoms with E-state index in [0.717, 1.165) is 16.6 Å². The van der Waals surface area contributed by atoms with Crippen molar-refractivity contribution in [3.05, 3.63) is 89.0 Å². The molecule has 2 aromatic carbocycles. The first kappa shape index (κ1) is 27.1. The van der Waals surface area contributed by atoms with Crippen LogP contribution in [-0.4, -0.2) is 36.7 Å². The Bertz CT molecular complexity index is 1700. The van der Waals surface area contributed by atoms with Crippen molar-refractivity contribution < 1.29 is 19.1 Å². The molecule has 1 amide bonds. The quantitative estimate of drug-likeness (QED) is 0.376. The van der Waals surface area contributed by atoms with Gasteiger partial charge in [-0.15, -0.1) is 0 Å². The summed E-state index contributed by atoms with van der Waals surface area (Å²) in [6.45, 7) is 6.31. The fourth-order valence-electron chi connectivity index (χ4n) is 5.14. The fraction of sp³-hybridized carbons (Fsp3) is 0.310. The van der Waals surface area contributed by atoms with Crippen molar-refractivity contribution in [1.82, 2.24) is 4.57 Å². The number of ether oxygens (including phenoxy) is 2. The summed E-state index contributed by atoms with van der Waals surface area (Å²) in [5, 5.41) is 0. The maximum Gasteiger partial charge on any atom is 0.338 e. The number of methoxy groups -OCH3 is 1. The number of amides is 1. The topological polar surface area (TPSA) is 90.2 Å². The molecule has 39 heavy (non-hydrogen) atoms. The van der Waals surface area contributed by atoms with Crippen molar-refractivity contribution in [2.24, 2.45) is 4.99 Å². The molecular weight excluding hydrogens is 582 g/mol. The summed E-state index contributed by atoms with van der Waals surface area (Å²) in [6, 6.07) is 12.1. The largest absolute Gasteiger partial charge is 0.497 e. The Morgan fingerprint density at radius 1 is 1.13 bits per heavy atom. The number of benzene rings is 2. The molecule has 0 spiro atoms. The number of carbonyl (C=O) groups is 2. The number of esters is 1. The van der Waals surface area contributed by atoms with Gasteiger partial charge >= 0.3 is 5.97 Å². The molecule has 0 N–H and O–H groups in total. The van der Waals surface area contributed by atoms with Gasteiger partial charge in [-0.2, -0.15) is 0 Å². The van der Waals surface area contributed by atoms with E-state index in [9.17, 15) is 14.4 Å². The molecule has 0 unspecified atom stereocenters. The zero-order chi connectivity index (χ0) is 27.8. The van der Waals surface area contributed by atoms with Gasteiger partial charge in [-0.05, 0) is 56.2 Å². The zero-order valence-corrected chi connectivity index (χ0v) is 24.5. The van der Waals surface area contributed by atoms with Crippen LogP contribution in [0.3, 0.4) is 0 Å². The lowest BCUT2D eigenvalue weighted by molar-refractivity contribution is -0.139. The van der Waals surface area contributed by atoms with Gasteiger partial charge in [0.25, 0.3) is 11.5 Å². The van der Waals surface area contributed by atoms with Gasteiger partial charge in [0.2, 0.25) is 0 Å². The number of likely N-dealkylation sites (N-methyl/N-ethyl adjacent to an activating group) is 1. The van der Waals surface area contributed by atoms with Gasteiger partial charge in [0.15, 0.2) is 4.80 Å². The van der Waals surface area contributed by atoms with E-state index in [2.05, 4.69) is 15.9 Å². The van der Waals surface area contributed by atoms with Crippen molar-refractivity contribution in [3.8, 4) is 5.75 Å². The van der Waals surface area contributed by atoms with Gasteiger partial charge in [-0.25, -0.2) is 9.79 Å². The highest BCUT2D eigenvalue weighted by Crippen LogP contribution is 2.38. The van der Waals surface area contributed by atoms with Gasteiger partial charge in [-0.1, -0.05) is 52.7 Å². The number of fused-ring (bicyclic) bond motifs is 2. The van der Waals surface area contributed by atoms with Gasteiger partial charge in [0, 0.05) is 16.6 Å². The molecule has 0 fully saturated rings. The molecule has 3 aromatic rings. The summed E-state index contributed by atoms with van der Waals surface area (Å²) in [7, 11) is 1.57. The van der Waals surface area contributed by atoms with Gasteiger partial charge in [0.05, 0.1) is 42.3 Å². The lowest BCUT2D eigenvalue weighted by atomic mass is 9.94. The van der Waals surface area contributed by atoms with Crippen LogP contribution in [0.2, 0.25) is 0 Å². The van der Waals surface area contributed by atoms with Gasteiger partial charge < -0.3 is 14.4 Å². The Kier molecular flexibility index (Phi) is 7.59. The van der Waals surface area contributed by atoms with Crippen molar-refractivity contribution in [1.29, 1.82) is 0 Å². The van der Waals surface area contributed by atoms with Crippen molar-refractivity contribution in [2.75, 3.05) is 25.2 Å². The third-order valence-electron chi connectivity index (χ3n) is 6.80. The molecule has 1 aromatic heterocycles. The van der Waals surface area contributed by atoms with Crippen LogP contribution in [0.15, 0.2) is 68.0 Å². The van der Waals surface area contributed by atoms with Crippen molar-refractivity contribution >= 4 is 50.4 Å². The number of allylic oxidation sites excluding steroid dienone is 1. The zero-order valence-electron chi connectivity index (χ0n) is 22.1. The average Bonchev–Trinajstić information content (AvgIpc) is 3.39. The Hall–Kier alpha value is -3.50. The van der Waals surface area contributed by atoms with Gasteiger partial charge in [-0.3, -0.25) is 14.2 Å². The molecule has 8 nitrogen and oxygen atoms in total. The number of hydrogen-bond donors (Lipinski definition) is 0. The predicted molar refractivity (Wildman–Crippen MR) is 154 cm³/mol. The second-order valence-electron chi connectivity index (χ2n) is 9.10. The summed E-state index contributed by atoms with van der Waals surface area (Å²) in [6.07, 6.45) is 1.28. The highest BCUT2D eigenvalue weighted by atomic mass is 79.9. The molecule has 0 aliphatic carbocycles. The van der Waals surface area contributed by atoms with E-state index in [0.29, 0.717) is 56.0 Å². The second-order valence-corrected chi connectivity index (χ2v) is 11.0. The third kappa shape index (κ3) is 4.55. The lowest BCUT2D eigenvalue weighted by Crippen LogP contribution is -2.41. The smallest absolute Gasteiger partial charge is 0.338 e. The fourth-order valence-corrected chi connectivity index (χ4v) is 6.61. The minimum Gasteiger partial charge on any atom is -0.497 e. The molecule has 202 valence electrons. The number of aromatic nitrogens is 1. The van der Waals surface area contributed by atoms with Crippen molar-refractivity contribution in [2.45, 2.75) is 39.7 Å². The minimum absolute atomic E-state index is 0.189. The molecule has 10 heteroatoms. The molecule has 0 saturated carbocycles. The van der Waals surface area contributed by atoms with Crippen LogP contribution < -0.4 is 24.5 Å². The predicted octanol–water partition coefficient (Wildman–Crippen LogP) is 4.09. The first-order valence-electron chi connectivity index (χ1n) is 12.8. The standard InChI is InChI=1S/C29H28BrN3O5S/c1-5-9-20-23(28(36)38-7-3)24(16-10-8-11-18(14-16)37-4)33-27(35)25(39-29(33)31-20)22-19-15-17(30)12-13-21(19)32(6-2)26(22)34/h8,10-15,24H,5-7,9H2,1-4H3/b25-22+/t24-/m1/s1. The Morgan fingerprint density at radius 3 is 2.62 bits per heavy atom. The first-order valence-corrected chi connectivity index (χ1v) is 14.5. The monoisotopic (exact) mass is 609 g/mol. The number of carbonyl (C=O) groups excluding carboxylic acids is 2. The molecule has 5 rings (SSSR count). The van der Waals surface area contributed by atoms with E-state index in [1.54, 1.807) is 25.0 Å². The summed E-state index contributed by atoms with van der Waals surface area (Å²) < 4.78 is 13.5. The van der Waals surface area contributed by atoms with E-state index in [1.807, 2.05) is 50.2 Å². The second kappa shape index (κ2) is 10.9. The highest BCUT2D eigenvalue weighted by molar-refractivity contribution is 9.10. The Morgan fingerprint density at radius 2 is 1.92 bits per heavy atom. The third-order valence-corrected chi connectivity index (χ3v) is 8.35. The van der Waals surface area contributed by atoms with Crippen LogP contribution in [0.4, 0.5) is 5.69 Å². The molecule has 2 aliphatic rings. The van der Waals surface area contributed by atoms with Crippen LogP contribution in [-0.2, 0) is 14.3 Å². The molecule has 0 radical (unpaired) electrons. The lowest BCUT2D eigenvalue weighted by Gasteiger charge is -2.26. The van der Waals surface area contributed by atoms with E-state index >= 15 is 0 Å². The van der Waals surface area contributed by atoms with Crippen LogP contribution in [0, 0.1) is 0 Å². The van der Waals surface area contributed by atoms with Crippen LogP contribution in [0.5, 0.6) is 5.75 Å². The Balaban J connectivity index is 1.86. The number of hydrogen-bond acceptors (Lipinski definition) is 7. The van der Waals surface area contributed by atoms with E-state index in [4.69, 9.17) is 14.5 Å². The molecule has 1 atom stereocenters. The molecular formula is C29H28BrN3O5S. The minimum atomic E-state index is -0.785. The molecule has 0 saturated heterocycles. The normalized spacial score (nSPS) is 17.6. The van der Waals surface area contributed by atoms with Crippen LogP contribution in [0.25, 0.3) is 5.57 Å². The number of halogens is 1. The first-order chi connectivity index (χ1) is 18.8. The molecule has 0 bridgehead atoms. The van der Waals surface area contributed by atoms with E-state index in [-0.39, 0.29) is 18.1 Å². The number of anilines is 1. The van der Waals surface area contributed by atoms with Gasteiger partial charge in [0.1, 0.15) is 10.3 Å². The highest BCUT2D eigenvalue weighted by Gasteiger charge is 2.37. The molecule has 2 aliphatic heterocycles. The number of thiazole rings is 1. The summed E-state index contributed by atoms with van der Waals surface area (Å²) in [5.41, 5.74) is 3.02. The number of nitrogens with zero attached hydrogens (tertiary/aromatic N) is 3. The van der Waals surface area contributed by atoms with Crippen LogP contribution >= 0.6 is 27.3 Å². The molecule has 3 heterocycles. The summed E-state index contributed by atoms with van der Waals surface area (Å²) in [4.78, 5) is 48.2. The SMILES string of the molecule is CCCC1=C(C(=O)OCC)[C@@H](c2cccc(OC)c2)n2c(s/c(=C3/C(=O)N(CC)c4ccc(Br)cc43)c2=O)=N1. The van der Waals surface area contributed by atoms with Crippen LogP contribution in [0.1, 0.15) is 50.8 Å². The van der Waals surface area contributed by atoms with E-state index < -0.39 is 12.0 Å². The van der Waals surface area contributed by atoms with Crippen molar-refractivity contribution in [3.63, 3.8) is 0 Å². The Labute approximate surface area is 238 Å². The number of rotatable bonds is 7. The maximum atomic E-state index is 14.3. The summed E-state index contributed by atoms with van der Waals surface area (Å²) >= 11 is 4.68. The maximum absolute atomic E-state index is 14.3.